The third-order valence-electron chi connectivity index (χ3n) is 6.85. The number of aromatic amines is 1. The minimum Gasteiger partial charge on any atom is -0.493 e. The Hall–Kier alpha value is -3.13. The minimum absolute atomic E-state index is 0.0254. The molecule has 1 aliphatic rings. The summed E-state index contributed by atoms with van der Waals surface area (Å²) < 4.78 is 9.32. The summed E-state index contributed by atoms with van der Waals surface area (Å²) >= 11 is 0. The van der Waals surface area contributed by atoms with E-state index >= 15 is 0 Å². The minimum atomic E-state index is -0.0254. The summed E-state index contributed by atoms with van der Waals surface area (Å²) in [4.78, 5) is 23.1. The van der Waals surface area contributed by atoms with Gasteiger partial charge in [0, 0.05) is 24.8 Å². The Labute approximate surface area is 199 Å². The SMILES string of the molecule is COc1cc(-c2cc3[nH]c(=O)n(C4CCCN(CC(C)C)C4)c3cc2C(C)C)cn2ncnc12. The van der Waals surface area contributed by atoms with Gasteiger partial charge in [-0.3, -0.25) is 4.57 Å². The van der Waals surface area contributed by atoms with E-state index in [9.17, 15) is 4.79 Å². The summed E-state index contributed by atoms with van der Waals surface area (Å²) in [6.07, 6.45) is 5.64. The molecule has 0 aliphatic carbocycles. The third-order valence-corrected chi connectivity index (χ3v) is 6.85. The molecule has 3 aromatic heterocycles. The molecule has 180 valence electrons. The van der Waals surface area contributed by atoms with Gasteiger partial charge < -0.3 is 14.6 Å². The molecule has 4 aromatic rings. The first-order valence-corrected chi connectivity index (χ1v) is 12.2. The maximum atomic E-state index is 13.2. The molecule has 4 heterocycles. The number of benzene rings is 1. The number of hydrogen-bond donors (Lipinski definition) is 1. The van der Waals surface area contributed by atoms with Crippen molar-refractivity contribution in [2.24, 2.45) is 5.92 Å². The van der Waals surface area contributed by atoms with Gasteiger partial charge in [-0.25, -0.2) is 14.3 Å². The lowest BCUT2D eigenvalue weighted by Crippen LogP contribution is -2.40. The zero-order chi connectivity index (χ0) is 24.0. The van der Waals surface area contributed by atoms with E-state index in [-0.39, 0.29) is 17.6 Å². The summed E-state index contributed by atoms with van der Waals surface area (Å²) in [6.45, 7) is 12.0. The molecular weight excluding hydrogens is 428 g/mol. The van der Waals surface area contributed by atoms with Gasteiger partial charge in [0.15, 0.2) is 11.4 Å². The van der Waals surface area contributed by atoms with E-state index in [0.717, 1.165) is 54.6 Å². The van der Waals surface area contributed by atoms with Crippen LogP contribution in [-0.2, 0) is 0 Å². The Morgan fingerprint density at radius 2 is 2.03 bits per heavy atom. The van der Waals surface area contributed by atoms with E-state index in [0.29, 0.717) is 17.3 Å². The van der Waals surface area contributed by atoms with E-state index in [1.807, 2.05) is 16.8 Å². The largest absolute Gasteiger partial charge is 0.493 e. The average Bonchev–Trinajstić information content (AvgIpc) is 3.40. The van der Waals surface area contributed by atoms with Crippen molar-refractivity contribution in [1.29, 1.82) is 0 Å². The van der Waals surface area contributed by atoms with Crippen molar-refractivity contribution in [3.63, 3.8) is 0 Å². The zero-order valence-corrected chi connectivity index (χ0v) is 20.7. The number of likely N-dealkylation sites (tertiary alicyclic amines) is 1. The monoisotopic (exact) mass is 462 g/mol. The van der Waals surface area contributed by atoms with Gasteiger partial charge in [0.2, 0.25) is 0 Å². The first-order chi connectivity index (χ1) is 16.4. The van der Waals surface area contributed by atoms with Gasteiger partial charge in [0.1, 0.15) is 6.33 Å². The Morgan fingerprint density at radius 1 is 1.21 bits per heavy atom. The number of pyridine rings is 1. The third kappa shape index (κ3) is 4.00. The number of H-pyrrole nitrogens is 1. The van der Waals surface area contributed by atoms with E-state index in [4.69, 9.17) is 4.74 Å². The molecule has 0 saturated carbocycles. The number of ether oxygens (including phenoxy) is 1. The summed E-state index contributed by atoms with van der Waals surface area (Å²) in [5.41, 5.74) is 5.75. The highest BCUT2D eigenvalue weighted by molar-refractivity contribution is 5.85. The fraction of sp³-hybridized carbons (Fsp3) is 0.500. The van der Waals surface area contributed by atoms with Gasteiger partial charge in [-0.05, 0) is 60.5 Å². The number of hydrogen-bond acceptors (Lipinski definition) is 5. The number of imidazole rings is 1. The molecule has 8 heteroatoms. The molecule has 0 bridgehead atoms. The molecule has 0 radical (unpaired) electrons. The highest BCUT2D eigenvalue weighted by Gasteiger charge is 2.26. The van der Waals surface area contributed by atoms with Crippen LogP contribution >= 0.6 is 0 Å². The molecule has 1 aliphatic heterocycles. The number of methoxy groups -OCH3 is 1. The molecule has 1 unspecified atom stereocenters. The first-order valence-electron chi connectivity index (χ1n) is 12.2. The molecule has 5 rings (SSSR count). The van der Waals surface area contributed by atoms with Crippen LogP contribution in [0, 0.1) is 5.92 Å². The second kappa shape index (κ2) is 8.91. The van der Waals surface area contributed by atoms with Crippen LogP contribution in [0.2, 0.25) is 0 Å². The molecule has 34 heavy (non-hydrogen) atoms. The van der Waals surface area contributed by atoms with Gasteiger partial charge in [0.25, 0.3) is 0 Å². The highest BCUT2D eigenvalue weighted by atomic mass is 16.5. The molecule has 8 nitrogen and oxygen atoms in total. The molecule has 0 spiro atoms. The van der Waals surface area contributed by atoms with Gasteiger partial charge >= 0.3 is 5.69 Å². The van der Waals surface area contributed by atoms with Crippen LogP contribution in [0.1, 0.15) is 58.1 Å². The summed E-state index contributed by atoms with van der Waals surface area (Å²) in [5.74, 6) is 1.57. The van der Waals surface area contributed by atoms with Crippen LogP contribution in [0.4, 0.5) is 0 Å². The molecule has 1 aromatic carbocycles. The predicted octanol–water partition coefficient (Wildman–Crippen LogP) is 4.46. The van der Waals surface area contributed by atoms with Crippen molar-refractivity contribution >= 4 is 16.7 Å². The topological polar surface area (TPSA) is 80.5 Å². The fourth-order valence-electron chi connectivity index (χ4n) is 5.40. The fourth-order valence-corrected chi connectivity index (χ4v) is 5.40. The smallest absolute Gasteiger partial charge is 0.326 e. The van der Waals surface area contributed by atoms with Gasteiger partial charge in [-0.15, -0.1) is 0 Å². The number of aromatic nitrogens is 5. The molecular formula is C26H34N6O2. The summed E-state index contributed by atoms with van der Waals surface area (Å²) in [5, 5.41) is 4.32. The normalized spacial score (nSPS) is 17.4. The van der Waals surface area contributed by atoms with E-state index < -0.39 is 0 Å². The van der Waals surface area contributed by atoms with E-state index in [1.165, 1.54) is 11.9 Å². The number of piperidine rings is 1. The van der Waals surface area contributed by atoms with E-state index in [2.05, 4.69) is 59.8 Å². The standard InChI is InChI=1S/C26H34N6O2/c1-16(2)12-30-8-6-7-19(14-30)32-23-11-20(17(3)4)21(10-22(23)29-26(32)33)18-9-24(34-5)25-27-15-28-31(25)13-18/h9-11,13,15-17,19H,6-8,12,14H2,1-5H3,(H,29,33). The highest BCUT2D eigenvalue weighted by Crippen LogP contribution is 2.36. The van der Waals surface area contributed by atoms with E-state index in [1.54, 1.807) is 11.6 Å². The average molecular weight is 463 g/mol. The molecule has 1 fully saturated rings. The molecule has 0 amide bonds. The van der Waals surface area contributed by atoms with Crippen molar-refractivity contribution in [3.05, 3.63) is 46.8 Å². The number of rotatable bonds is 6. The van der Waals surface area contributed by atoms with Crippen molar-refractivity contribution in [2.45, 2.75) is 52.5 Å². The molecule has 1 N–H and O–H groups in total. The van der Waals surface area contributed by atoms with Crippen molar-refractivity contribution in [2.75, 3.05) is 26.7 Å². The second-order valence-corrected chi connectivity index (χ2v) is 10.2. The van der Waals surface area contributed by atoms with Crippen LogP contribution in [0.3, 0.4) is 0 Å². The molecule has 1 atom stereocenters. The van der Waals surface area contributed by atoms with Crippen molar-refractivity contribution in [1.82, 2.24) is 29.0 Å². The Balaban J connectivity index is 1.63. The lowest BCUT2D eigenvalue weighted by atomic mass is 9.92. The van der Waals surface area contributed by atoms with Gasteiger partial charge in [-0.1, -0.05) is 27.7 Å². The molecule has 1 saturated heterocycles. The zero-order valence-electron chi connectivity index (χ0n) is 20.7. The summed E-state index contributed by atoms with van der Waals surface area (Å²) in [7, 11) is 1.64. The van der Waals surface area contributed by atoms with Gasteiger partial charge in [-0.2, -0.15) is 5.10 Å². The van der Waals surface area contributed by atoms with Crippen LogP contribution < -0.4 is 10.4 Å². The lowest BCUT2D eigenvalue weighted by Gasteiger charge is -2.34. The van der Waals surface area contributed by atoms with Crippen LogP contribution in [-0.4, -0.2) is 55.8 Å². The number of nitrogens with one attached hydrogen (secondary N) is 1. The predicted molar refractivity (Wildman–Crippen MR) is 135 cm³/mol. The quantitative estimate of drug-likeness (QED) is 0.457. The van der Waals surface area contributed by atoms with Crippen LogP contribution in [0.15, 0.2) is 35.5 Å². The first kappa shape index (κ1) is 22.7. The van der Waals surface area contributed by atoms with Crippen molar-refractivity contribution in [3.8, 4) is 16.9 Å². The second-order valence-electron chi connectivity index (χ2n) is 10.2. The van der Waals surface area contributed by atoms with Gasteiger partial charge in [0.05, 0.1) is 24.2 Å². The maximum Gasteiger partial charge on any atom is 0.326 e. The Morgan fingerprint density at radius 3 is 2.76 bits per heavy atom. The maximum absolute atomic E-state index is 13.2. The van der Waals surface area contributed by atoms with Crippen molar-refractivity contribution < 1.29 is 4.74 Å². The Kier molecular flexibility index (Phi) is 5.93. The lowest BCUT2D eigenvalue weighted by molar-refractivity contribution is 0.161. The summed E-state index contributed by atoms with van der Waals surface area (Å²) in [6, 6.07) is 6.49. The van der Waals surface area contributed by atoms with Crippen LogP contribution in [0.25, 0.3) is 27.8 Å². The number of fused-ring (bicyclic) bond motifs is 2. The van der Waals surface area contributed by atoms with Crippen LogP contribution in [0.5, 0.6) is 5.75 Å². The Bertz CT molecular complexity index is 1380. The number of nitrogens with zero attached hydrogens (tertiary/aromatic N) is 5.